The molecule has 2 aliphatic heterocycles. The number of benzene rings is 1. The molecule has 0 aromatic heterocycles. The molecule has 1 saturated heterocycles. The molecule has 4 N–H and O–H groups in total. The summed E-state index contributed by atoms with van der Waals surface area (Å²) in [5, 5.41) is 30.2. The maximum absolute atomic E-state index is 13.4. The third-order valence-electron chi connectivity index (χ3n) is 6.93. The molecule has 0 bridgehead atoms. The number of hydrogen-bond acceptors (Lipinski definition) is 14. The quantitative estimate of drug-likeness (QED) is 0.0604. The van der Waals surface area contributed by atoms with Crippen LogP contribution >= 0.6 is 0 Å². The number of nitrogens with zero attached hydrogens (tertiary/aromatic N) is 4. The van der Waals surface area contributed by atoms with Crippen LogP contribution in [-0.4, -0.2) is 81.8 Å². The maximum Gasteiger partial charge on any atom is 0.305 e. The zero-order valence-corrected chi connectivity index (χ0v) is 26.0. The Bertz CT molecular complexity index is 1330. The van der Waals surface area contributed by atoms with Crippen LogP contribution in [-0.2, 0) is 30.2 Å². The summed E-state index contributed by atoms with van der Waals surface area (Å²) in [7, 11) is -1.43. The summed E-state index contributed by atoms with van der Waals surface area (Å²) in [5.41, 5.74) is 8.20. The molecule has 2 heterocycles. The summed E-state index contributed by atoms with van der Waals surface area (Å²) in [6.45, 7) is 5.17. The number of rotatable bonds is 20. The van der Waals surface area contributed by atoms with Gasteiger partial charge in [-0.3, -0.25) is 9.79 Å². The number of aliphatic imine (C=N–C) groups is 1. The van der Waals surface area contributed by atoms with Gasteiger partial charge < -0.3 is 35.6 Å². The highest BCUT2D eigenvalue weighted by atomic mass is 32.2. The van der Waals surface area contributed by atoms with Crippen LogP contribution in [0.5, 0.6) is 5.75 Å². The lowest BCUT2D eigenvalue weighted by molar-refractivity contribution is -0.790. The second-order valence-corrected chi connectivity index (χ2v) is 11.8. The van der Waals surface area contributed by atoms with E-state index in [2.05, 4.69) is 20.0 Å². The molecule has 2 atom stereocenters. The lowest BCUT2D eigenvalue weighted by atomic mass is 9.98. The highest BCUT2D eigenvalue weighted by Gasteiger charge is 2.32. The molecule has 0 saturated carbocycles. The molecule has 1 aromatic rings. The van der Waals surface area contributed by atoms with E-state index < -0.39 is 39.8 Å². The Morgan fingerprint density at radius 3 is 2.67 bits per heavy atom. The Morgan fingerprint density at radius 1 is 1.24 bits per heavy atom. The fourth-order valence-electron chi connectivity index (χ4n) is 4.69. The van der Waals surface area contributed by atoms with Crippen molar-refractivity contribution >= 4 is 28.5 Å². The van der Waals surface area contributed by atoms with E-state index in [9.17, 15) is 29.2 Å². The molecule has 17 nitrogen and oxygen atoms in total. The van der Waals surface area contributed by atoms with Gasteiger partial charge in [-0.25, -0.2) is 8.51 Å². The minimum atomic E-state index is -1.43. The van der Waals surface area contributed by atoms with E-state index in [0.717, 1.165) is 12.8 Å². The topological polar surface area (TPSA) is 235 Å². The third kappa shape index (κ3) is 10.7. The van der Waals surface area contributed by atoms with E-state index in [1.54, 1.807) is 18.2 Å². The molecule has 3 rings (SSSR count). The van der Waals surface area contributed by atoms with Crippen molar-refractivity contribution in [2.75, 3.05) is 39.5 Å². The van der Waals surface area contributed by atoms with Crippen molar-refractivity contribution < 1.29 is 38.3 Å². The number of hydrogen-bond donors (Lipinski definition) is 3. The number of ether oxygens (including phenoxy) is 2. The number of carbonyl (C=O) groups excluding carboxylic acids is 1. The maximum atomic E-state index is 13.4. The minimum Gasteiger partial charge on any atom is -0.493 e. The van der Waals surface area contributed by atoms with Crippen LogP contribution < -0.4 is 15.8 Å². The van der Waals surface area contributed by atoms with Gasteiger partial charge in [0.2, 0.25) is 0 Å². The molecule has 0 spiro atoms. The van der Waals surface area contributed by atoms with Crippen molar-refractivity contribution in [3.8, 4) is 5.75 Å². The Balaban J connectivity index is 1.47. The average molecular weight is 654 g/mol. The second kappa shape index (κ2) is 17.2. The van der Waals surface area contributed by atoms with Crippen molar-refractivity contribution in [1.82, 2.24) is 9.62 Å². The number of nitrogens with two attached hydrogens (primary N) is 1. The summed E-state index contributed by atoms with van der Waals surface area (Å²) in [5.74, 6) is 0.731. The van der Waals surface area contributed by atoms with Crippen LogP contribution in [0.3, 0.4) is 0 Å². The largest absolute Gasteiger partial charge is 0.493 e. The van der Waals surface area contributed by atoms with E-state index in [1.165, 1.54) is 0 Å². The molecule has 0 amide bonds. The molecule has 0 aliphatic carbocycles. The van der Waals surface area contributed by atoms with Gasteiger partial charge in [-0.2, -0.15) is 0 Å². The monoisotopic (exact) mass is 653 g/mol. The molecular formula is C27H39N7O10S. The molecule has 1 fully saturated rings. The lowest BCUT2D eigenvalue weighted by Gasteiger charge is -2.38. The Kier molecular flexibility index (Phi) is 13.5. The standard InChI is InChI=1S/C27H39N7O10S/c1-3-6-22(28)26-23(29)14-30-27(31-26)21-13-20(9-10-24(21)41-4-2)45(40)32-15-18(16-32)7-5-12-42-25(35)11-8-19(44-34(38)39)17-43-33(36)37/h9-10,13,18-19,28H,3-8,11-12,14-17,29H2,1-2H3,(H,30,31). The van der Waals surface area contributed by atoms with Gasteiger partial charge in [-0.1, -0.05) is 13.3 Å². The molecule has 18 heteroatoms. The van der Waals surface area contributed by atoms with Gasteiger partial charge in [0.1, 0.15) is 35.3 Å². The molecule has 248 valence electrons. The van der Waals surface area contributed by atoms with Crippen molar-refractivity contribution in [2.24, 2.45) is 16.6 Å². The van der Waals surface area contributed by atoms with E-state index in [-0.39, 0.29) is 31.9 Å². The van der Waals surface area contributed by atoms with Crippen LogP contribution in [0.15, 0.2) is 39.5 Å². The Morgan fingerprint density at radius 2 is 2.00 bits per heavy atom. The van der Waals surface area contributed by atoms with Gasteiger partial charge in [-0.15, -0.1) is 20.2 Å². The van der Waals surface area contributed by atoms with Crippen LogP contribution in [0.2, 0.25) is 0 Å². The van der Waals surface area contributed by atoms with Crippen molar-refractivity contribution in [2.45, 2.75) is 63.4 Å². The molecule has 2 aliphatic rings. The predicted molar refractivity (Wildman–Crippen MR) is 162 cm³/mol. The Labute approximate surface area is 262 Å². The highest BCUT2D eigenvalue weighted by molar-refractivity contribution is 7.82. The van der Waals surface area contributed by atoms with Crippen molar-refractivity contribution in [1.29, 1.82) is 5.41 Å². The molecule has 45 heavy (non-hydrogen) atoms. The lowest BCUT2D eigenvalue weighted by Crippen LogP contribution is -2.47. The van der Waals surface area contributed by atoms with E-state index in [1.807, 2.05) is 18.2 Å². The van der Waals surface area contributed by atoms with Crippen LogP contribution in [0.25, 0.3) is 0 Å². The first kappa shape index (κ1) is 35.2. The Hall–Kier alpha value is -4.32. The number of amidine groups is 1. The average Bonchev–Trinajstić information content (AvgIpc) is 2.97. The summed E-state index contributed by atoms with van der Waals surface area (Å²) in [4.78, 5) is 46.3. The fraction of sp³-hybridized carbons (Fsp3) is 0.593. The van der Waals surface area contributed by atoms with E-state index in [4.69, 9.17) is 20.6 Å². The van der Waals surface area contributed by atoms with Crippen molar-refractivity contribution in [3.05, 3.63) is 55.4 Å². The first-order chi connectivity index (χ1) is 21.5. The number of esters is 1. The van der Waals surface area contributed by atoms with Gasteiger partial charge >= 0.3 is 5.97 Å². The second-order valence-electron chi connectivity index (χ2n) is 10.3. The van der Waals surface area contributed by atoms with E-state index in [0.29, 0.717) is 71.7 Å². The SMILES string of the molecule is CCCC(=N)C1=C(N)CN=C(c2cc(S(=O)N3CC(CCCOC(=O)CCC(CO[N+](=O)[O-])O[N+](=O)[O-])C3)ccc2OCC)N1. The summed E-state index contributed by atoms with van der Waals surface area (Å²) >= 11 is 0. The highest BCUT2D eigenvalue weighted by Crippen LogP contribution is 2.29. The third-order valence-corrected chi connectivity index (χ3v) is 8.36. The predicted octanol–water partition coefficient (Wildman–Crippen LogP) is 2.27. The van der Waals surface area contributed by atoms with Crippen LogP contribution in [0.1, 0.15) is 57.9 Å². The zero-order valence-electron chi connectivity index (χ0n) is 25.2. The summed E-state index contributed by atoms with van der Waals surface area (Å²) in [6, 6.07) is 5.31. The van der Waals surface area contributed by atoms with E-state index >= 15 is 0 Å². The molecule has 1 aromatic carbocycles. The normalized spacial score (nSPS) is 16.4. The van der Waals surface area contributed by atoms with Crippen LogP contribution in [0.4, 0.5) is 0 Å². The number of allylic oxidation sites excluding steroid dienone is 1. The van der Waals surface area contributed by atoms with Gasteiger partial charge in [-0.05, 0) is 56.7 Å². The molecule has 2 unspecified atom stereocenters. The van der Waals surface area contributed by atoms with Crippen molar-refractivity contribution in [3.63, 3.8) is 0 Å². The summed E-state index contributed by atoms with van der Waals surface area (Å²) < 4.78 is 26.2. The first-order valence-corrected chi connectivity index (χ1v) is 15.7. The van der Waals surface area contributed by atoms with Gasteiger partial charge in [0.25, 0.3) is 10.2 Å². The van der Waals surface area contributed by atoms with Crippen LogP contribution in [0, 0.1) is 31.6 Å². The minimum absolute atomic E-state index is 0.138. The van der Waals surface area contributed by atoms with Gasteiger partial charge in [0.15, 0.2) is 0 Å². The van der Waals surface area contributed by atoms with Gasteiger partial charge in [0.05, 0.1) is 47.3 Å². The smallest absolute Gasteiger partial charge is 0.305 e. The zero-order chi connectivity index (χ0) is 32.9. The number of nitrogens with one attached hydrogen (secondary N) is 2. The number of carbonyl (C=O) groups is 1. The fourth-order valence-corrected chi connectivity index (χ4v) is 6.09. The summed E-state index contributed by atoms with van der Waals surface area (Å²) in [6.07, 6.45) is 1.01. The molecular weight excluding hydrogens is 614 g/mol. The first-order valence-electron chi connectivity index (χ1n) is 14.6. The molecule has 0 radical (unpaired) electrons. The van der Waals surface area contributed by atoms with Gasteiger partial charge in [0, 0.05) is 19.5 Å².